The molecule has 0 aliphatic rings. The molecule has 6 nitrogen and oxygen atoms in total. The van der Waals surface area contributed by atoms with Crippen molar-refractivity contribution < 1.29 is 13.2 Å². The molecule has 0 aliphatic heterocycles. The Kier molecular flexibility index (Phi) is 6.20. The third-order valence-electron chi connectivity index (χ3n) is 2.97. The van der Waals surface area contributed by atoms with Crippen molar-refractivity contribution in [2.45, 2.75) is 11.3 Å². The van der Waals surface area contributed by atoms with Gasteiger partial charge in [-0.2, -0.15) is 0 Å². The van der Waals surface area contributed by atoms with Crippen molar-refractivity contribution in [3.63, 3.8) is 0 Å². The molecular formula is C15H18ClN3O3S. The minimum absolute atomic E-state index is 0.142. The molecule has 0 unspecified atom stereocenters. The summed E-state index contributed by atoms with van der Waals surface area (Å²) in [6, 6.07) is 9.32. The van der Waals surface area contributed by atoms with Crippen LogP contribution in [-0.4, -0.2) is 33.7 Å². The molecule has 0 saturated carbocycles. The third-order valence-corrected chi connectivity index (χ3v) is 4.62. The summed E-state index contributed by atoms with van der Waals surface area (Å²) in [4.78, 5) is 4.31. The summed E-state index contributed by atoms with van der Waals surface area (Å²) < 4.78 is 31.9. The van der Waals surface area contributed by atoms with Crippen LogP contribution in [0, 0.1) is 0 Å². The maximum Gasteiger partial charge on any atom is 0.261 e. The highest BCUT2D eigenvalue weighted by molar-refractivity contribution is 7.92. The maximum atomic E-state index is 12.2. The predicted molar refractivity (Wildman–Crippen MR) is 91.5 cm³/mol. The van der Waals surface area contributed by atoms with Crippen molar-refractivity contribution in [1.29, 1.82) is 0 Å². The van der Waals surface area contributed by atoms with Gasteiger partial charge in [-0.15, -0.1) is 0 Å². The molecule has 124 valence electrons. The summed E-state index contributed by atoms with van der Waals surface area (Å²) >= 11 is 5.76. The topological polar surface area (TPSA) is 80.3 Å². The second-order valence-electron chi connectivity index (χ2n) is 4.76. The lowest BCUT2D eigenvalue weighted by Crippen LogP contribution is -2.13. The molecule has 0 bridgehead atoms. The van der Waals surface area contributed by atoms with E-state index < -0.39 is 10.0 Å². The number of rotatable bonds is 8. The highest BCUT2D eigenvalue weighted by Gasteiger charge is 2.14. The van der Waals surface area contributed by atoms with Crippen molar-refractivity contribution in [2.75, 3.05) is 30.3 Å². The summed E-state index contributed by atoms with van der Waals surface area (Å²) in [6.07, 6.45) is 2.33. The Bertz CT molecular complexity index is 719. The Morgan fingerprint density at radius 3 is 2.52 bits per heavy atom. The van der Waals surface area contributed by atoms with Gasteiger partial charge in [0.2, 0.25) is 0 Å². The molecule has 23 heavy (non-hydrogen) atoms. The molecule has 0 spiro atoms. The largest absolute Gasteiger partial charge is 0.385 e. The number of pyridine rings is 1. The molecule has 2 N–H and O–H groups in total. The molecule has 1 heterocycles. The molecule has 0 aliphatic carbocycles. The first-order chi connectivity index (χ1) is 11.0. The average Bonchev–Trinajstić information content (AvgIpc) is 2.53. The number of nitrogens with one attached hydrogen (secondary N) is 2. The minimum atomic E-state index is -3.65. The Hall–Kier alpha value is -1.83. The Labute approximate surface area is 140 Å². The Balaban J connectivity index is 1.98. The third kappa shape index (κ3) is 5.38. The number of halogens is 1. The molecule has 1 aromatic carbocycles. The van der Waals surface area contributed by atoms with E-state index in [0.717, 1.165) is 13.0 Å². The number of ether oxygens (including phenoxy) is 1. The zero-order valence-electron chi connectivity index (χ0n) is 12.6. The van der Waals surface area contributed by atoms with Crippen LogP contribution in [0.1, 0.15) is 6.42 Å². The van der Waals surface area contributed by atoms with E-state index >= 15 is 0 Å². The lowest BCUT2D eigenvalue weighted by atomic mass is 10.4. The first-order valence-electron chi connectivity index (χ1n) is 6.98. The van der Waals surface area contributed by atoms with Crippen LogP contribution in [0.15, 0.2) is 47.5 Å². The van der Waals surface area contributed by atoms with Crippen molar-refractivity contribution in [2.24, 2.45) is 0 Å². The van der Waals surface area contributed by atoms with Gasteiger partial charge >= 0.3 is 0 Å². The van der Waals surface area contributed by atoms with Crippen molar-refractivity contribution in [3.8, 4) is 0 Å². The molecular weight excluding hydrogens is 338 g/mol. The zero-order chi connectivity index (χ0) is 16.7. The molecule has 0 amide bonds. The van der Waals surface area contributed by atoms with Crippen LogP contribution >= 0.6 is 11.6 Å². The molecule has 8 heteroatoms. The van der Waals surface area contributed by atoms with Crippen molar-refractivity contribution in [3.05, 3.63) is 47.6 Å². The number of aromatic nitrogens is 1. The summed E-state index contributed by atoms with van der Waals surface area (Å²) in [5.41, 5.74) is 0.391. The number of anilines is 2. The van der Waals surface area contributed by atoms with E-state index in [2.05, 4.69) is 15.0 Å². The fourth-order valence-electron chi connectivity index (χ4n) is 1.82. The molecule has 2 rings (SSSR count). The van der Waals surface area contributed by atoms with E-state index in [1.54, 1.807) is 19.2 Å². The van der Waals surface area contributed by atoms with Gasteiger partial charge in [0.25, 0.3) is 10.0 Å². The molecule has 0 radical (unpaired) electrons. The molecule has 0 atom stereocenters. The van der Waals surface area contributed by atoms with Crippen molar-refractivity contribution in [1.82, 2.24) is 4.98 Å². The number of benzene rings is 1. The van der Waals surface area contributed by atoms with Crippen LogP contribution in [0.25, 0.3) is 0 Å². The monoisotopic (exact) mass is 355 g/mol. The van der Waals surface area contributed by atoms with Gasteiger partial charge in [0.15, 0.2) is 0 Å². The SMILES string of the molecule is COCCCNc1ccc(NS(=O)(=O)c2ccc(Cl)cc2)cn1. The maximum absolute atomic E-state index is 12.2. The standard InChI is InChI=1S/C15H18ClN3O3S/c1-22-10-2-9-17-15-8-5-13(11-18-15)19-23(20,21)14-6-3-12(16)4-7-14/h3-8,11,19H,2,9-10H2,1H3,(H,17,18). The van der Waals surface area contributed by atoms with E-state index in [0.29, 0.717) is 23.1 Å². The highest BCUT2D eigenvalue weighted by atomic mass is 35.5. The first kappa shape index (κ1) is 17.5. The Morgan fingerprint density at radius 1 is 1.17 bits per heavy atom. The van der Waals surface area contributed by atoms with Gasteiger partial charge in [-0.3, -0.25) is 4.72 Å². The number of hydrogen-bond acceptors (Lipinski definition) is 5. The number of sulfonamides is 1. The number of methoxy groups -OCH3 is 1. The fraction of sp³-hybridized carbons (Fsp3) is 0.267. The van der Waals surface area contributed by atoms with Gasteiger partial charge < -0.3 is 10.1 Å². The summed E-state index contributed by atoms with van der Waals surface area (Å²) in [5.74, 6) is 0.676. The van der Waals surface area contributed by atoms with Crippen LogP contribution in [-0.2, 0) is 14.8 Å². The summed E-state index contributed by atoms with van der Waals surface area (Å²) in [5, 5.41) is 3.61. The van der Waals surface area contributed by atoms with Gasteiger partial charge in [-0.05, 0) is 42.8 Å². The van der Waals surface area contributed by atoms with Crippen LogP contribution in [0.3, 0.4) is 0 Å². The van der Waals surface area contributed by atoms with Gasteiger partial charge in [-0.1, -0.05) is 11.6 Å². The van der Waals surface area contributed by atoms with Crippen LogP contribution in [0.4, 0.5) is 11.5 Å². The zero-order valence-corrected chi connectivity index (χ0v) is 14.2. The lowest BCUT2D eigenvalue weighted by Gasteiger charge is -2.09. The number of hydrogen-bond donors (Lipinski definition) is 2. The van der Waals surface area contributed by atoms with Gasteiger partial charge in [-0.25, -0.2) is 13.4 Å². The average molecular weight is 356 g/mol. The van der Waals surface area contributed by atoms with E-state index in [1.165, 1.54) is 30.5 Å². The molecule has 0 fully saturated rings. The second kappa shape index (κ2) is 8.14. The summed E-state index contributed by atoms with van der Waals surface area (Å²) in [7, 11) is -2.00. The highest BCUT2D eigenvalue weighted by Crippen LogP contribution is 2.18. The normalized spacial score (nSPS) is 11.2. The smallest absolute Gasteiger partial charge is 0.261 e. The van der Waals surface area contributed by atoms with Gasteiger partial charge in [0, 0.05) is 25.3 Å². The second-order valence-corrected chi connectivity index (χ2v) is 6.88. The minimum Gasteiger partial charge on any atom is -0.385 e. The molecule has 1 aromatic heterocycles. The van der Waals surface area contributed by atoms with E-state index in [1.807, 2.05) is 0 Å². The van der Waals surface area contributed by atoms with Crippen LogP contribution in [0.2, 0.25) is 5.02 Å². The molecule has 0 saturated heterocycles. The van der Waals surface area contributed by atoms with E-state index in [4.69, 9.17) is 16.3 Å². The molecule has 2 aromatic rings. The number of nitrogens with zero attached hydrogens (tertiary/aromatic N) is 1. The predicted octanol–water partition coefficient (Wildman–Crippen LogP) is 2.98. The fourth-order valence-corrected chi connectivity index (χ4v) is 2.99. The first-order valence-corrected chi connectivity index (χ1v) is 8.84. The van der Waals surface area contributed by atoms with E-state index in [9.17, 15) is 8.42 Å². The van der Waals surface area contributed by atoms with Crippen LogP contribution < -0.4 is 10.0 Å². The lowest BCUT2D eigenvalue weighted by molar-refractivity contribution is 0.198. The Morgan fingerprint density at radius 2 is 1.91 bits per heavy atom. The van der Waals surface area contributed by atoms with E-state index in [-0.39, 0.29) is 4.90 Å². The quantitative estimate of drug-likeness (QED) is 0.711. The van der Waals surface area contributed by atoms with Crippen LogP contribution in [0.5, 0.6) is 0 Å². The van der Waals surface area contributed by atoms with Gasteiger partial charge in [0.05, 0.1) is 16.8 Å². The summed E-state index contributed by atoms with van der Waals surface area (Å²) in [6.45, 7) is 1.41. The van der Waals surface area contributed by atoms with Crippen molar-refractivity contribution >= 4 is 33.1 Å². The van der Waals surface area contributed by atoms with Gasteiger partial charge in [0.1, 0.15) is 5.82 Å².